The molecule has 1 heterocycles. The molecular weight excluding hydrogens is 340 g/mol. The van der Waals surface area contributed by atoms with Crippen LogP contribution in [0.5, 0.6) is 0 Å². The summed E-state index contributed by atoms with van der Waals surface area (Å²) in [6.45, 7) is 9.63. The highest BCUT2D eigenvalue weighted by atomic mass is 32.2. The maximum absolute atomic E-state index is 11.7. The van der Waals surface area contributed by atoms with Crippen molar-refractivity contribution in [3.8, 4) is 0 Å². The summed E-state index contributed by atoms with van der Waals surface area (Å²) in [6.07, 6.45) is 0.811. The first kappa shape index (κ1) is 19.0. The molecule has 1 aromatic heterocycles. The maximum Gasteiger partial charge on any atom is 0.321 e. The molecule has 0 unspecified atom stereocenters. The second-order valence-corrected chi connectivity index (χ2v) is 8.12. The van der Waals surface area contributed by atoms with E-state index in [-0.39, 0.29) is 17.7 Å². The SMILES string of the molecule is C=C(C)CSc1nnc(SCC(=O)NC(=O)N[C@@H](C)CC)s1. The van der Waals surface area contributed by atoms with Gasteiger partial charge in [-0.25, -0.2) is 4.79 Å². The molecule has 0 radical (unpaired) electrons. The number of urea groups is 1. The Morgan fingerprint density at radius 1 is 1.27 bits per heavy atom. The number of rotatable bonds is 8. The van der Waals surface area contributed by atoms with Crippen molar-refractivity contribution in [2.45, 2.75) is 41.9 Å². The van der Waals surface area contributed by atoms with Crippen molar-refractivity contribution in [1.29, 1.82) is 0 Å². The minimum Gasteiger partial charge on any atom is -0.335 e. The standard InChI is InChI=1S/C13H20N4O2S3/c1-5-9(4)14-11(19)15-10(18)7-21-13-17-16-12(22-13)20-6-8(2)3/h9H,2,5-7H2,1,3-4H3,(H2,14,15,18,19)/t9-/m0/s1. The Kier molecular flexibility index (Phi) is 8.51. The first-order valence-corrected chi connectivity index (χ1v) is 9.53. The van der Waals surface area contributed by atoms with Crippen LogP contribution in [0.2, 0.25) is 0 Å². The van der Waals surface area contributed by atoms with E-state index < -0.39 is 6.03 Å². The average molecular weight is 361 g/mol. The van der Waals surface area contributed by atoms with Gasteiger partial charge in [-0.1, -0.05) is 53.9 Å². The Bertz CT molecular complexity index is 533. The Balaban J connectivity index is 2.32. The van der Waals surface area contributed by atoms with E-state index >= 15 is 0 Å². The average Bonchev–Trinajstić information content (AvgIpc) is 2.90. The first-order chi connectivity index (χ1) is 10.4. The van der Waals surface area contributed by atoms with E-state index in [2.05, 4.69) is 27.4 Å². The quantitative estimate of drug-likeness (QED) is 0.548. The molecular formula is C13H20N4O2S3. The van der Waals surface area contributed by atoms with Crippen LogP contribution in [0.15, 0.2) is 20.8 Å². The van der Waals surface area contributed by atoms with E-state index in [9.17, 15) is 9.59 Å². The fraction of sp³-hybridized carbons (Fsp3) is 0.538. The molecule has 9 heteroatoms. The number of amides is 3. The molecule has 0 aliphatic heterocycles. The topological polar surface area (TPSA) is 84.0 Å². The molecule has 122 valence electrons. The lowest BCUT2D eigenvalue weighted by atomic mass is 10.3. The predicted octanol–water partition coefficient (Wildman–Crippen LogP) is 2.92. The smallest absolute Gasteiger partial charge is 0.321 e. The van der Waals surface area contributed by atoms with E-state index in [0.717, 1.165) is 22.1 Å². The van der Waals surface area contributed by atoms with Crippen LogP contribution in [0, 0.1) is 0 Å². The van der Waals surface area contributed by atoms with Gasteiger partial charge >= 0.3 is 6.03 Å². The molecule has 1 aromatic rings. The van der Waals surface area contributed by atoms with Crippen LogP contribution in [0.4, 0.5) is 4.79 Å². The predicted molar refractivity (Wildman–Crippen MR) is 92.6 cm³/mol. The molecule has 0 fully saturated rings. The van der Waals surface area contributed by atoms with Crippen LogP contribution in [-0.2, 0) is 4.79 Å². The van der Waals surface area contributed by atoms with Gasteiger partial charge in [0.05, 0.1) is 5.75 Å². The summed E-state index contributed by atoms with van der Waals surface area (Å²) in [5.41, 5.74) is 1.07. The number of aromatic nitrogens is 2. The van der Waals surface area contributed by atoms with Gasteiger partial charge in [0.15, 0.2) is 8.68 Å². The number of nitrogens with zero attached hydrogens (tertiary/aromatic N) is 2. The van der Waals surface area contributed by atoms with E-state index in [1.54, 1.807) is 11.8 Å². The lowest BCUT2D eigenvalue weighted by Gasteiger charge is -2.11. The summed E-state index contributed by atoms with van der Waals surface area (Å²) >= 11 is 4.27. The van der Waals surface area contributed by atoms with Crippen molar-refractivity contribution in [3.63, 3.8) is 0 Å². The lowest BCUT2D eigenvalue weighted by Crippen LogP contribution is -2.43. The Hall–Kier alpha value is -1.06. The fourth-order valence-corrected chi connectivity index (χ4v) is 3.81. The molecule has 0 saturated heterocycles. The van der Waals surface area contributed by atoms with Crippen molar-refractivity contribution < 1.29 is 9.59 Å². The van der Waals surface area contributed by atoms with Crippen LogP contribution in [0.3, 0.4) is 0 Å². The molecule has 0 saturated carbocycles. The van der Waals surface area contributed by atoms with Crippen molar-refractivity contribution in [2.75, 3.05) is 11.5 Å². The van der Waals surface area contributed by atoms with E-state index in [0.29, 0.717) is 4.34 Å². The monoisotopic (exact) mass is 360 g/mol. The fourth-order valence-electron chi connectivity index (χ4n) is 1.15. The third kappa shape index (κ3) is 7.81. The second-order valence-electron chi connectivity index (χ2n) is 4.70. The van der Waals surface area contributed by atoms with Crippen molar-refractivity contribution in [2.24, 2.45) is 0 Å². The van der Waals surface area contributed by atoms with Crippen LogP contribution < -0.4 is 10.6 Å². The number of thioether (sulfide) groups is 2. The van der Waals surface area contributed by atoms with Crippen molar-refractivity contribution >= 4 is 46.8 Å². The summed E-state index contributed by atoms with van der Waals surface area (Å²) in [7, 11) is 0. The second kappa shape index (κ2) is 9.86. The van der Waals surface area contributed by atoms with Crippen molar-refractivity contribution in [3.05, 3.63) is 12.2 Å². The summed E-state index contributed by atoms with van der Waals surface area (Å²) in [5, 5.41) is 13.0. The molecule has 6 nitrogen and oxygen atoms in total. The molecule has 0 aromatic carbocycles. The zero-order chi connectivity index (χ0) is 16.5. The number of imide groups is 1. The van der Waals surface area contributed by atoms with Gasteiger partial charge in [0.25, 0.3) is 0 Å². The molecule has 2 N–H and O–H groups in total. The number of hydrogen-bond acceptors (Lipinski definition) is 7. The summed E-state index contributed by atoms with van der Waals surface area (Å²) in [5.74, 6) is 0.584. The molecule has 1 atom stereocenters. The highest BCUT2D eigenvalue weighted by molar-refractivity contribution is 8.03. The van der Waals surface area contributed by atoms with Crippen molar-refractivity contribution in [1.82, 2.24) is 20.8 Å². The van der Waals surface area contributed by atoms with Gasteiger partial charge in [-0.2, -0.15) is 0 Å². The number of carbonyl (C=O) groups excluding carboxylic acids is 2. The zero-order valence-corrected chi connectivity index (χ0v) is 15.3. The minimum absolute atomic E-state index is 0.0384. The highest BCUT2D eigenvalue weighted by Gasteiger charge is 2.12. The first-order valence-electron chi connectivity index (χ1n) is 6.74. The van der Waals surface area contributed by atoms with Crippen LogP contribution >= 0.6 is 34.9 Å². The lowest BCUT2D eigenvalue weighted by molar-refractivity contribution is -0.117. The Labute approximate surface area is 142 Å². The largest absolute Gasteiger partial charge is 0.335 e. The van der Waals surface area contributed by atoms with Gasteiger partial charge < -0.3 is 5.32 Å². The molecule has 3 amide bonds. The third-order valence-electron chi connectivity index (χ3n) is 2.40. The maximum atomic E-state index is 11.7. The van der Waals surface area contributed by atoms with Gasteiger partial charge in [0, 0.05) is 11.8 Å². The van der Waals surface area contributed by atoms with Gasteiger partial charge in [0.1, 0.15) is 0 Å². The highest BCUT2D eigenvalue weighted by Crippen LogP contribution is 2.29. The van der Waals surface area contributed by atoms with Gasteiger partial charge in [-0.15, -0.1) is 10.2 Å². The Morgan fingerprint density at radius 2 is 1.86 bits per heavy atom. The van der Waals surface area contributed by atoms with Crippen LogP contribution in [0.25, 0.3) is 0 Å². The summed E-state index contributed by atoms with van der Waals surface area (Å²) in [4.78, 5) is 23.2. The molecule has 0 spiro atoms. The van der Waals surface area contributed by atoms with Gasteiger partial charge in [-0.3, -0.25) is 10.1 Å². The number of carbonyl (C=O) groups is 2. The molecule has 22 heavy (non-hydrogen) atoms. The van der Waals surface area contributed by atoms with E-state index in [4.69, 9.17) is 0 Å². The minimum atomic E-state index is -0.463. The molecule has 0 bridgehead atoms. The normalized spacial score (nSPS) is 11.8. The van der Waals surface area contributed by atoms with E-state index in [1.165, 1.54) is 23.1 Å². The number of hydrogen-bond donors (Lipinski definition) is 2. The number of nitrogens with one attached hydrogen (secondary N) is 2. The zero-order valence-electron chi connectivity index (χ0n) is 12.8. The molecule has 0 aliphatic carbocycles. The van der Waals surface area contributed by atoms with E-state index in [1.807, 2.05) is 20.8 Å². The van der Waals surface area contributed by atoms with Crippen LogP contribution in [-0.4, -0.2) is 39.7 Å². The van der Waals surface area contributed by atoms with Gasteiger partial charge in [-0.05, 0) is 20.3 Å². The molecule has 1 rings (SSSR count). The van der Waals surface area contributed by atoms with Crippen LogP contribution in [0.1, 0.15) is 27.2 Å². The third-order valence-corrected chi connectivity index (χ3v) is 5.82. The molecule has 0 aliphatic rings. The summed E-state index contributed by atoms with van der Waals surface area (Å²) in [6, 6.07) is -0.425. The summed E-state index contributed by atoms with van der Waals surface area (Å²) < 4.78 is 1.56. The van der Waals surface area contributed by atoms with Gasteiger partial charge in [0.2, 0.25) is 5.91 Å². The Morgan fingerprint density at radius 3 is 2.41 bits per heavy atom.